The van der Waals surface area contributed by atoms with Crippen LogP contribution < -0.4 is 0 Å². The van der Waals surface area contributed by atoms with Crippen LogP contribution in [0.3, 0.4) is 0 Å². The van der Waals surface area contributed by atoms with Crippen molar-refractivity contribution in [1.82, 2.24) is 4.90 Å². The Labute approximate surface area is 119 Å². The van der Waals surface area contributed by atoms with Gasteiger partial charge >= 0.3 is 6.09 Å². The number of piperidine rings is 1. The topological polar surface area (TPSA) is 66.8 Å². The van der Waals surface area contributed by atoms with E-state index in [1.807, 2.05) is 26.7 Å². The minimum absolute atomic E-state index is 0.250. The van der Waals surface area contributed by atoms with Gasteiger partial charge in [-0.05, 0) is 40.0 Å². The first-order valence-electron chi connectivity index (χ1n) is 7.16. The zero-order chi connectivity index (χ0) is 15.0. The zero-order valence-electron chi connectivity index (χ0n) is 12.4. The molecule has 20 heavy (non-hydrogen) atoms. The number of amides is 1. The molecule has 0 aromatic carbocycles. The second-order valence-corrected chi connectivity index (χ2v) is 6.89. The number of hydrogen-bond donors (Lipinski definition) is 1. The van der Waals surface area contributed by atoms with Gasteiger partial charge in [-0.25, -0.2) is 9.59 Å². The van der Waals surface area contributed by atoms with Crippen LogP contribution >= 0.6 is 0 Å². The Hall–Kier alpha value is -1.32. The molecule has 2 fully saturated rings. The Morgan fingerprint density at radius 3 is 2.50 bits per heavy atom. The fourth-order valence-electron chi connectivity index (χ4n) is 3.20. The molecule has 1 atom stereocenters. The maximum atomic E-state index is 12.0. The van der Waals surface area contributed by atoms with Crippen molar-refractivity contribution in [3.63, 3.8) is 0 Å². The van der Waals surface area contributed by atoms with Crippen LogP contribution in [0.4, 0.5) is 4.79 Å². The second-order valence-electron chi connectivity index (χ2n) is 6.89. The smallest absolute Gasteiger partial charge is 0.410 e. The molecule has 5 nitrogen and oxygen atoms in total. The third kappa shape index (κ3) is 3.05. The summed E-state index contributed by atoms with van der Waals surface area (Å²) in [6.45, 7) is 6.66. The lowest BCUT2D eigenvalue weighted by atomic mass is 9.74. The molecule has 112 valence electrons. The average molecular weight is 281 g/mol. The van der Waals surface area contributed by atoms with Crippen LogP contribution in [0.25, 0.3) is 0 Å². The Morgan fingerprint density at radius 1 is 1.40 bits per heavy atom. The molecule has 1 saturated heterocycles. The van der Waals surface area contributed by atoms with Gasteiger partial charge in [-0.15, -0.1) is 0 Å². The summed E-state index contributed by atoms with van der Waals surface area (Å²) >= 11 is 0. The molecule has 1 N–H and O–H groups in total. The number of aliphatic hydroxyl groups excluding tert-OH is 1. The standard InChI is InChI=1S/C15H23NO4/c1-14(2,3)20-13(19)16-6-4-15(5-7-16)9-12(18)8-11(15)10-17/h12,18H,4-9H2,1-3H3/t12-/m0/s1. The Kier molecular flexibility index (Phi) is 3.94. The molecule has 0 aromatic rings. The molecule has 2 rings (SSSR count). The molecule has 0 bridgehead atoms. The molecule has 1 spiro atoms. The summed E-state index contributed by atoms with van der Waals surface area (Å²) < 4.78 is 5.36. The third-order valence-electron chi connectivity index (χ3n) is 4.20. The molecule has 1 aliphatic carbocycles. The van der Waals surface area contributed by atoms with E-state index < -0.39 is 11.7 Å². The highest BCUT2D eigenvalue weighted by atomic mass is 16.6. The van der Waals surface area contributed by atoms with E-state index in [1.165, 1.54) is 0 Å². The van der Waals surface area contributed by atoms with Crippen LogP contribution in [0.2, 0.25) is 0 Å². The Morgan fingerprint density at radius 2 is 2.00 bits per heavy atom. The lowest BCUT2D eigenvalue weighted by Crippen LogP contribution is -2.45. The van der Waals surface area contributed by atoms with Crippen molar-refractivity contribution < 1.29 is 19.4 Å². The number of aliphatic hydroxyl groups is 1. The monoisotopic (exact) mass is 281 g/mol. The van der Waals surface area contributed by atoms with Crippen molar-refractivity contribution >= 4 is 12.0 Å². The van der Waals surface area contributed by atoms with Crippen molar-refractivity contribution in [3.05, 3.63) is 5.57 Å². The van der Waals surface area contributed by atoms with E-state index in [2.05, 4.69) is 0 Å². The normalized spacial score (nSPS) is 25.7. The molecule has 0 radical (unpaired) electrons. The van der Waals surface area contributed by atoms with Crippen LogP contribution in [0, 0.1) is 5.41 Å². The first-order valence-corrected chi connectivity index (χ1v) is 7.16. The number of hydrogen-bond acceptors (Lipinski definition) is 4. The van der Waals surface area contributed by atoms with Crippen molar-refractivity contribution in [3.8, 4) is 0 Å². The quantitative estimate of drug-likeness (QED) is 0.689. The number of nitrogens with zero attached hydrogens (tertiary/aromatic N) is 1. The molecule has 5 heteroatoms. The Balaban J connectivity index is 1.99. The second kappa shape index (κ2) is 5.23. The summed E-state index contributed by atoms with van der Waals surface area (Å²) in [4.78, 5) is 24.7. The van der Waals surface area contributed by atoms with E-state index in [1.54, 1.807) is 4.90 Å². The van der Waals surface area contributed by atoms with Crippen molar-refractivity contribution in [2.75, 3.05) is 13.1 Å². The number of carbonyl (C=O) groups is 1. The fourth-order valence-corrected chi connectivity index (χ4v) is 3.20. The van der Waals surface area contributed by atoms with E-state index in [0.717, 1.165) is 0 Å². The summed E-state index contributed by atoms with van der Waals surface area (Å²) in [5.41, 5.74) is -0.0580. The first-order chi connectivity index (χ1) is 9.26. The molecule has 0 unspecified atom stereocenters. The van der Waals surface area contributed by atoms with E-state index in [0.29, 0.717) is 44.3 Å². The highest BCUT2D eigenvalue weighted by Crippen LogP contribution is 2.49. The number of likely N-dealkylation sites (tertiary alicyclic amines) is 1. The van der Waals surface area contributed by atoms with Crippen molar-refractivity contribution in [2.24, 2.45) is 5.41 Å². The molecule has 1 aliphatic heterocycles. The van der Waals surface area contributed by atoms with Crippen LogP contribution in [-0.2, 0) is 9.53 Å². The van der Waals surface area contributed by atoms with E-state index in [-0.39, 0.29) is 11.5 Å². The predicted molar refractivity (Wildman–Crippen MR) is 73.9 cm³/mol. The van der Waals surface area contributed by atoms with Gasteiger partial charge < -0.3 is 14.7 Å². The van der Waals surface area contributed by atoms with Gasteiger partial charge in [0.1, 0.15) is 11.5 Å². The molecule has 1 amide bonds. The average Bonchev–Trinajstić information content (AvgIpc) is 2.64. The van der Waals surface area contributed by atoms with Gasteiger partial charge in [0, 0.05) is 30.5 Å². The number of carbonyl (C=O) groups excluding carboxylic acids is 2. The molecule has 1 heterocycles. The summed E-state index contributed by atoms with van der Waals surface area (Å²) in [6.07, 6.45) is 1.69. The van der Waals surface area contributed by atoms with Crippen LogP contribution in [0.5, 0.6) is 0 Å². The summed E-state index contributed by atoms with van der Waals surface area (Å²) in [7, 11) is 0. The number of ether oxygens (including phenoxy) is 1. The molecule has 1 saturated carbocycles. The molecule has 2 aliphatic rings. The minimum atomic E-state index is -0.496. The highest BCUT2D eigenvalue weighted by Gasteiger charge is 2.46. The first kappa shape index (κ1) is 15.1. The molecular formula is C15H23NO4. The fraction of sp³-hybridized carbons (Fsp3) is 0.800. The largest absolute Gasteiger partial charge is 0.444 e. The maximum absolute atomic E-state index is 12.0. The van der Waals surface area contributed by atoms with Crippen LogP contribution in [0.15, 0.2) is 5.57 Å². The van der Waals surface area contributed by atoms with Gasteiger partial charge in [-0.1, -0.05) is 0 Å². The number of rotatable bonds is 0. The minimum Gasteiger partial charge on any atom is -0.444 e. The van der Waals surface area contributed by atoms with Gasteiger partial charge in [0.25, 0.3) is 0 Å². The van der Waals surface area contributed by atoms with E-state index >= 15 is 0 Å². The van der Waals surface area contributed by atoms with Crippen LogP contribution in [0.1, 0.15) is 46.5 Å². The lowest BCUT2D eigenvalue weighted by Gasteiger charge is -2.39. The van der Waals surface area contributed by atoms with Gasteiger partial charge in [0.15, 0.2) is 0 Å². The van der Waals surface area contributed by atoms with Crippen molar-refractivity contribution in [2.45, 2.75) is 58.2 Å². The maximum Gasteiger partial charge on any atom is 0.410 e. The summed E-state index contributed by atoms with van der Waals surface area (Å²) in [5.74, 6) is 2.01. The Bertz CT molecular complexity index is 437. The SMILES string of the molecule is CC(C)(C)OC(=O)N1CCC2(CC1)C[C@@H](O)CC2=C=O. The summed E-state index contributed by atoms with van der Waals surface area (Å²) in [6, 6.07) is 0. The van der Waals surface area contributed by atoms with Gasteiger partial charge in [0.05, 0.1) is 6.10 Å². The van der Waals surface area contributed by atoms with Gasteiger partial charge in [0.2, 0.25) is 0 Å². The summed E-state index contributed by atoms with van der Waals surface area (Å²) in [5, 5.41) is 9.77. The highest BCUT2D eigenvalue weighted by molar-refractivity contribution is 5.68. The van der Waals surface area contributed by atoms with E-state index in [9.17, 15) is 14.7 Å². The molecule has 0 aromatic heterocycles. The third-order valence-corrected chi connectivity index (χ3v) is 4.20. The van der Waals surface area contributed by atoms with Crippen molar-refractivity contribution in [1.29, 1.82) is 0 Å². The van der Waals surface area contributed by atoms with Gasteiger partial charge in [-0.3, -0.25) is 0 Å². The van der Waals surface area contributed by atoms with Crippen LogP contribution in [-0.4, -0.2) is 46.8 Å². The van der Waals surface area contributed by atoms with Gasteiger partial charge in [-0.2, -0.15) is 0 Å². The molecular weight excluding hydrogens is 258 g/mol. The zero-order valence-corrected chi connectivity index (χ0v) is 12.4. The predicted octanol–water partition coefficient (Wildman–Crippen LogP) is 1.92. The van der Waals surface area contributed by atoms with E-state index in [4.69, 9.17) is 4.74 Å². The lowest BCUT2D eigenvalue weighted by molar-refractivity contribution is 0.0125.